The van der Waals surface area contributed by atoms with Gasteiger partial charge in [0.2, 0.25) is 0 Å². The highest BCUT2D eigenvalue weighted by Gasteiger charge is 2.24. The standard InChI is InChI=1S/C15H22BrNO/c1-3-8-17(10-12-4-5-12)11-13-9-14(16)6-7-15(13)18-2/h6-7,9,12H,3-5,8,10-11H2,1-2H3. The van der Waals surface area contributed by atoms with E-state index in [9.17, 15) is 0 Å². The van der Waals surface area contributed by atoms with Crippen molar-refractivity contribution in [2.45, 2.75) is 32.7 Å². The van der Waals surface area contributed by atoms with Crippen molar-refractivity contribution in [1.29, 1.82) is 0 Å². The predicted octanol–water partition coefficient (Wildman–Crippen LogP) is 4.08. The largest absolute Gasteiger partial charge is 0.496 e. The van der Waals surface area contributed by atoms with E-state index in [0.29, 0.717) is 0 Å². The van der Waals surface area contributed by atoms with Crippen molar-refractivity contribution in [2.75, 3.05) is 20.2 Å². The number of hydrogen-bond donors (Lipinski definition) is 0. The lowest BCUT2D eigenvalue weighted by Gasteiger charge is -2.22. The molecular formula is C15H22BrNO. The quantitative estimate of drug-likeness (QED) is 0.752. The first-order valence-electron chi connectivity index (χ1n) is 6.77. The number of nitrogens with zero attached hydrogens (tertiary/aromatic N) is 1. The van der Waals surface area contributed by atoms with Crippen LogP contribution in [0.25, 0.3) is 0 Å². The van der Waals surface area contributed by atoms with E-state index in [0.717, 1.165) is 22.7 Å². The fraction of sp³-hybridized carbons (Fsp3) is 0.600. The van der Waals surface area contributed by atoms with E-state index in [-0.39, 0.29) is 0 Å². The van der Waals surface area contributed by atoms with Gasteiger partial charge in [0.1, 0.15) is 5.75 Å². The molecule has 0 atom stereocenters. The maximum Gasteiger partial charge on any atom is 0.123 e. The summed E-state index contributed by atoms with van der Waals surface area (Å²) in [5.41, 5.74) is 1.28. The Balaban J connectivity index is 2.05. The summed E-state index contributed by atoms with van der Waals surface area (Å²) < 4.78 is 6.58. The first-order valence-corrected chi connectivity index (χ1v) is 7.57. The molecule has 1 saturated carbocycles. The maximum atomic E-state index is 5.45. The Kier molecular flexibility index (Phi) is 5.07. The molecular weight excluding hydrogens is 290 g/mol. The molecule has 18 heavy (non-hydrogen) atoms. The second-order valence-electron chi connectivity index (χ2n) is 5.13. The summed E-state index contributed by atoms with van der Waals surface area (Å²) in [6, 6.07) is 6.25. The third-order valence-electron chi connectivity index (χ3n) is 3.39. The predicted molar refractivity (Wildman–Crippen MR) is 79.0 cm³/mol. The molecule has 3 heteroatoms. The van der Waals surface area contributed by atoms with Gasteiger partial charge in [0.15, 0.2) is 0 Å². The summed E-state index contributed by atoms with van der Waals surface area (Å²) in [4.78, 5) is 2.56. The van der Waals surface area contributed by atoms with Gasteiger partial charge in [0.05, 0.1) is 7.11 Å². The van der Waals surface area contributed by atoms with Gasteiger partial charge in [-0.3, -0.25) is 4.90 Å². The van der Waals surface area contributed by atoms with Crippen LogP contribution in [0.4, 0.5) is 0 Å². The molecule has 0 heterocycles. The number of halogens is 1. The number of benzene rings is 1. The molecule has 1 aliphatic rings. The Labute approximate surface area is 118 Å². The van der Waals surface area contributed by atoms with Crippen LogP contribution in [0.15, 0.2) is 22.7 Å². The number of hydrogen-bond acceptors (Lipinski definition) is 2. The zero-order chi connectivity index (χ0) is 13.0. The van der Waals surface area contributed by atoms with E-state index >= 15 is 0 Å². The van der Waals surface area contributed by atoms with Crippen molar-refractivity contribution in [3.63, 3.8) is 0 Å². The van der Waals surface area contributed by atoms with E-state index in [2.05, 4.69) is 33.8 Å². The van der Waals surface area contributed by atoms with Crippen molar-refractivity contribution in [1.82, 2.24) is 4.90 Å². The molecule has 0 aromatic heterocycles. The Bertz CT molecular complexity index is 390. The SMILES string of the molecule is CCCN(Cc1cc(Br)ccc1OC)CC1CC1. The Morgan fingerprint density at radius 2 is 2.17 bits per heavy atom. The summed E-state index contributed by atoms with van der Waals surface area (Å²) in [5.74, 6) is 1.93. The van der Waals surface area contributed by atoms with Gasteiger partial charge < -0.3 is 4.74 Å². The van der Waals surface area contributed by atoms with Gasteiger partial charge in [0.25, 0.3) is 0 Å². The van der Waals surface area contributed by atoms with E-state index in [1.54, 1.807) is 7.11 Å². The number of ether oxygens (including phenoxy) is 1. The average molecular weight is 312 g/mol. The lowest BCUT2D eigenvalue weighted by molar-refractivity contribution is 0.251. The Morgan fingerprint density at radius 3 is 2.78 bits per heavy atom. The summed E-state index contributed by atoms with van der Waals surface area (Å²) >= 11 is 3.54. The summed E-state index contributed by atoms with van der Waals surface area (Å²) in [6.07, 6.45) is 4.04. The normalized spacial score (nSPS) is 15.1. The first-order chi connectivity index (χ1) is 8.72. The third-order valence-corrected chi connectivity index (χ3v) is 3.88. The summed E-state index contributed by atoms with van der Waals surface area (Å²) in [7, 11) is 1.75. The van der Waals surface area contributed by atoms with Gasteiger partial charge in [-0.05, 0) is 49.9 Å². The molecule has 0 unspecified atom stereocenters. The van der Waals surface area contributed by atoms with Gasteiger partial charge >= 0.3 is 0 Å². The molecule has 100 valence electrons. The second kappa shape index (κ2) is 6.58. The minimum atomic E-state index is 0.940. The highest BCUT2D eigenvalue weighted by atomic mass is 79.9. The van der Waals surface area contributed by atoms with E-state index < -0.39 is 0 Å². The minimum absolute atomic E-state index is 0.940. The molecule has 0 radical (unpaired) electrons. The van der Waals surface area contributed by atoms with E-state index in [1.807, 2.05) is 12.1 Å². The first kappa shape index (κ1) is 13.9. The average Bonchev–Trinajstić information content (AvgIpc) is 3.13. The molecule has 0 spiro atoms. The minimum Gasteiger partial charge on any atom is -0.496 e. The zero-order valence-corrected chi connectivity index (χ0v) is 12.9. The molecule has 2 rings (SSSR count). The topological polar surface area (TPSA) is 12.5 Å². The molecule has 1 fully saturated rings. The van der Waals surface area contributed by atoms with Crippen LogP contribution in [0.2, 0.25) is 0 Å². The van der Waals surface area contributed by atoms with Gasteiger partial charge in [0, 0.05) is 23.1 Å². The summed E-state index contributed by atoms with van der Waals surface area (Å²) in [6.45, 7) is 5.65. The van der Waals surface area contributed by atoms with Crippen LogP contribution >= 0.6 is 15.9 Å². The molecule has 0 bridgehead atoms. The van der Waals surface area contributed by atoms with E-state index in [1.165, 1.54) is 37.9 Å². The van der Waals surface area contributed by atoms with Crippen LogP contribution in [0.1, 0.15) is 31.7 Å². The third kappa shape index (κ3) is 3.99. The fourth-order valence-corrected chi connectivity index (χ4v) is 2.74. The van der Waals surface area contributed by atoms with Crippen LogP contribution in [0.3, 0.4) is 0 Å². The van der Waals surface area contributed by atoms with Crippen LogP contribution in [-0.4, -0.2) is 25.1 Å². The fourth-order valence-electron chi connectivity index (χ4n) is 2.33. The van der Waals surface area contributed by atoms with Gasteiger partial charge in [-0.25, -0.2) is 0 Å². The van der Waals surface area contributed by atoms with Crippen molar-refractivity contribution >= 4 is 15.9 Å². The highest BCUT2D eigenvalue weighted by Crippen LogP contribution is 2.31. The summed E-state index contributed by atoms with van der Waals surface area (Å²) in [5, 5.41) is 0. The smallest absolute Gasteiger partial charge is 0.123 e. The molecule has 0 saturated heterocycles. The molecule has 0 N–H and O–H groups in total. The molecule has 1 aliphatic carbocycles. The lowest BCUT2D eigenvalue weighted by atomic mass is 10.1. The molecule has 1 aromatic rings. The van der Waals surface area contributed by atoms with Gasteiger partial charge in [-0.1, -0.05) is 22.9 Å². The molecule has 0 aliphatic heterocycles. The lowest BCUT2D eigenvalue weighted by Crippen LogP contribution is -2.26. The number of rotatable bonds is 7. The Hall–Kier alpha value is -0.540. The van der Waals surface area contributed by atoms with Gasteiger partial charge in [-0.15, -0.1) is 0 Å². The van der Waals surface area contributed by atoms with Crippen molar-refractivity contribution in [2.24, 2.45) is 5.92 Å². The Morgan fingerprint density at radius 1 is 1.39 bits per heavy atom. The van der Waals surface area contributed by atoms with E-state index in [4.69, 9.17) is 4.74 Å². The van der Waals surface area contributed by atoms with Crippen molar-refractivity contribution < 1.29 is 4.74 Å². The van der Waals surface area contributed by atoms with Crippen molar-refractivity contribution in [3.8, 4) is 5.75 Å². The van der Waals surface area contributed by atoms with Crippen LogP contribution < -0.4 is 4.74 Å². The second-order valence-corrected chi connectivity index (χ2v) is 6.05. The van der Waals surface area contributed by atoms with Crippen LogP contribution in [0, 0.1) is 5.92 Å². The zero-order valence-electron chi connectivity index (χ0n) is 11.3. The van der Waals surface area contributed by atoms with Crippen LogP contribution in [-0.2, 0) is 6.54 Å². The number of methoxy groups -OCH3 is 1. The maximum absolute atomic E-state index is 5.45. The molecule has 1 aromatic carbocycles. The molecule has 0 amide bonds. The van der Waals surface area contributed by atoms with Crippen LogP contribution in [0.5, 0.6) is 5.75 Å². The highest BCUT2D eigenvalue weighted by molar-refractivity contribution is 9.10. The monoisotopic (exact) mass is 311 g/mol. The molecule has 2 nitrogen and oxygen atoms in total. The van der Waals surface area contributed by atoms with Gasteiger partial charge in [-0.2, -0.15) is 0 Å². The van der Waals surface area contributed by atoms with Crippen molar-refractivity contribution in [3.05, 3.63) is 28.2 Å².